The number of benzene rings is 1. The van der Waals surface area contributed by atoms with Crippen molar-refractivity contribution in [2.45, 2.75) is 25.3 Å². The zero-order valence-corrected chi connectivity index (χ0v) is 11.0. The van der Waals surface area contributed by atoms with Crippen LogP contribution in [0.2, 0.25) is 0 Å². The number of nitrogens with zero attached hydrogens (tertiary/aromatic N) is 1. The van der Waals surface area contributed by atoms with E-state index in [0.717, 1.165) is 24.1 Å². The molecule has 1 fully saturated rings. The third kappa shape index (κ3) is 2.37. The Kier molecular flexibility index (Phi) is 3.14. The maximum absolute atomic E-state index is 12.5. The van der Waals surface area contributed by atoms with E-state index >= 15 is 0 Å². The third-order valence-corrected chi connectivity index (χ3v) is 3.52. The average molecular weight is 269 g/mol. The molecular formula is C16H15NO3. The summed E-state index contributed by atoms with van der Waals surface area (Å²) in [6, 6.07) is 13.4. The van der Waals surface area contributed by atoms with Crippen molar-refractivity contribution in [3.63, 3.8) is 0 Å². The lowest BCUT2D eigenvalue weighted by Crippen LogP contribution is -2.25. The zero-order valence-electron chi connectivity index (χ0n) is 11.0. The van der Waals surface area contributed by atoms with Gasteiger partial charge in [0.05, 0.1) is 12.1 Å². The summed E-state index contributed by atoms with van der Waals surface area (Å²) in [4.78, 5) is 23.3. The summed E-state index contributed by atoms with van der Waals surface area (Å²) in [5.41, 5.74) is 2.03. The van der Waals surface area contributed by atoms with Gasteiger partial charge in [0.15, 0.2) is 0 Å². The van der Waals surface area contributed by atoms with Crippen LogP contribution in [0.3, 0.4) is 0 Å². The van der Waals surface area contributed by atoms with Crippen LogP contribution in [0.15, 0.2) is 47.3 Å². The molecule has 2 aromatic rings. The summed E-state index contributed by atoms with van der Waals surface area (Å²) in [6.45, 7) is 0. The molecule has 0 aliphatic heterocycles. The number of aliphatic carboxylic acids is 1. The van der Waals surface area contributed by atoms with Crippen molar-refractivity contribution in [3.8, 4) is 11.3 Å². The maximum Gasteiger partial charge on any atom is 0.308 e. The normalized spacial score (nSPS) is 14.2. The Balaban J connectivity index is 2.14. The fourth-order valence-corrected chi connectivity index (χ4v) is 2.43. The first-order chi connectivity index (χ1) is 9.66. The molecule has 3 rings (SSSR count). The maximum atomic E-state index is 12.5. The molecule has 0 saturated heterocycles. The highest BCUT2D eigenvalue weighted by Gasteiger charge is 2.28. The highest BCUT2D eigenvalue weighted by atomic mass is 16.4. The van der Waals surface area contributed by atoms with Crippen molar-refractivity contribution in [2.75, 3.05) is 0 Å². The largest absolute Gasteiger partial charge is 0.481 e. The van der Waals surface area contributed by atoms with Gasteiger partial charge in [-0.25, -0.2) is 0 Å². The molecule has 1 aromatic carbocycles. The van der Waals surface area contributed by atoms with Crippen LogP contribution in [0.4, 0.5) is 0 Å². The predicted octanol–water partition coefficient (Wildman–Crippen LogP) is 2.48. The summed E-state index contributed by atoms with van der Waals surface area (Å²) in [5.74, 6) is -0.975. The average Bonchev–Trinajstić information content (AvgIpc) is 3.26. The van der Waals surface area contributed by atoms with Gasteiger partial charge < -0.3 is 9.67 Å². The van der Waals surface area contributed by atoms with Crippen molar-refractivity contribution in [1.29, 1.82) is 0 Å². The second kappa shape index (κ2) is 4.96. The molecule has 4 nitrogen and oxygen atoms in total. The van der Waals surface area contributed by atoms with Crippen molar-refractivity contribution in [2.24, 2.45) is 0 Å². The second-order valence-corrected chi connectivity index (χ2v) is 5.09. The van der Waals surface area contributed by atoms with E-state index in [4.69, 9.17) is 5.11 Å². The summed E-state index contributed by atoms with van der Waals surface area (Å²) in [6.07, 6.45) is 1.74. The molecule has 0 amide bonds. The van der Waals surface area contributed by atoms with E-state index in [9.17, 15) is 9.59 Å². The van der Waals surface area contributed by atoms with Gasteiger partial charge in [-0.2, -0.15) is 0 Å². The lowest BCUT2D eigenvalue weighted by atomic mass is 10.1. The molecule has 102 valence electrons. The Morgan fingerprint density at radius 2 is 1.85 bits per heavy atom. The smallest absolute Gasteiger partial charge is 0.308 e. The topological polar surface area (TPSA) is 59.3 Å². The monoisotopic (exact) mass is 269 g/mol. The first-order valence-electron chi connectivity index (χ1n) is 6.68. The van der Waals surface area contributed by atoms with Gasteiger partial charge in [-0.3, -0.25) is 9.59 Å². The van der Waals surface area contributed by atoms with Gasteiger partial charge in [0.1, 0.15) is 0 Å². The lowest BCUT2D eigenvalue weighted by molar-refractivity contribution is -0.136. The molecule has 1 aromatic heterocycles. The summed E-state index contributed by atoms with van der Waals surface area (Å²) in [7, 11) is 0. The molecule has 1 N–H and O–H groups in total. The molecular weight excluding hydrogens is 254 g/mol. The van der Waals surface area contributed by atoms with Gasteiger partial charge in [0.25, 0.3) is 5.56 Å². The Bertz CT molecular complexity index is 699. The minimum atomic E-state index is -0.975. The van der Waals surface area contributed by atoms with Crippen LogP contribution < -0.4 is 5.56 Å². The number of aromatic nitrogens is 1. The molecule has 0 spiro atoms. The molecule has 0 unspecified atom stereocenters. The number of pyridine rings is 1. The Hall–Kier alpha value is -2.36. The Morgan fingerprint density at radius 1 is 1.15 bits per heavy atom. The molecule has 4 heteroatoms. The van der Waals surface area contributed by atoms with Crippen LogP contribution >= 0.6 is 0 Å². The highest BCUT2D eigenvalue weighted by Crippen LogP contribution is 2.37. The standard InChI is InChI=1S/C16H15NO3/c18-15(19)10-12-6-9-14(11-4-2-1-3-5-11)17(16(12)20)13-7-8-13/h1-6,9,13H,7-8,10H2,(H,18,19). The Morgan fingerprint density at radius 3 is 2.45 bits per heavy atom. The van der Waals surface area contributed by atoms with Gasteiger partial charge in [0.2, 0.25) is 0 Å². The fourth-order valence-electron chi connectivity index (χ4n) is 2.43. The van der Waals surface area contributed by atoms with Gasteiger partial charge >= 0.3 is 5.97 Å². The summed E-state index contributed by atoms with van der Waals surface area (Å²) >= 11 is 0. The van der Waals surface area contributed by atoms with E-state index in [1.807, 2.05) is 36.4 Å². The highest BCUT2D eigenvalue weighted by molar-refractivity contribution is 5.70. The number of hydrogen-bond acceptors (Lipinski definition) is 2. The van der Waals surface area contributed by atoms with Crippen molar-refractivity contribution in [1.82, 2.24) is 4.57 Å². The van der Waals surface area contributed by atoms with Crippen molar-refractivity contribution >= 4 is 5.97 Å². The SMILES string of the molecule is O=C(O)Cc1ccc(-c2ccccc2)n(C2CC2)c1=O. The minimum absolute atomic E-state index is 0.170. The molecule has 1 heterocycles. The van der Waals surface area contributed by atoms with Crippen LogP contribution in [0, 0.1) is 0 Å². The molecule has 20 heavy (non-hydrogen) atoms. The molecule has 1 aliphatic carbocycles. The minimum Gasteiger partial charge on any atom is -0.481 e. The van der Waals surface area contributed by atoms with Gasteiger partial charge in [0, 0.05) is 11.6 Å². The quantitative estimate of drug-likeness (QED) is 0.927. The molecule has 1 saturated carbocycles. The number of carboxylic acids is 1. The van der Waals surface area contributed by atoms with Crippen molar-refractivity contribution < 1.29 is 9.90 Å². The third-order valence-electron chi connectivity index (χ3n) is 3.52. The number of hydrogen-bond donors (Lipinski definition) is 1. The van der Waals surface area contributed by atoms with Crippen molar-refractivity contribution in [3.05, 3.63) is 58.4 Å². The molecule has 0 bridgehead atoms. The molecule has 1 aliphatic rings. The number of carboxylic acid groups (broad SMARTS) is 1. The lowest BCUT2D eigenvalue weighted by Gasteiger charge is -2.13. The van der Waals surface area contributed by atoms with Gasteiger partial charge in [-0.05, 0) is 24.5 Å². The van der Waals surface area contributed by atoms with E-state index in [-0.39, 0.29) is 18.0 Å². The molecule has 0 radical (unpaired) electrons. The first-order valence-corrected chi connectivity index (χ1v) is 6.68. The van der Waals surface area contributed by atoms with E-state index < -0.39 is 5.97 Å². The van der Waals surface area contributed by atoms with E-state index in [1.54, 1.807) is 10.6 Å². The Labute approximate surface area is 116 Å². The van der Waals surface area contributed by atoms with E-state index in [1.165, 1.54) is 0 Å². The zero-order chi connectivity index (χ0) is 14.1. The van der Waals surface area contributed by atoms with Crippen LogP contribution in [-0.4, -0.2) is 15.6 Å². The number of carbonyl (C=O) groups is 1. The second-order valence-electron chi connectivity index (χ2n) is 5.09. The fraction of sp³-hybridized carbons (Fsp3) is 0.250. The predicted molar refractivity (Wildman–Crippen MR) is 75.7 cm³/mol. The van der Waals surface area contributed by atoms with Crippen LogP contribution in [-0.2, 0) is 11.2 Å². The number of rotatable bonds is 4. The van der Waals surface area contributed by atoms with E-state index in [2.05, 4.69) is 0 Å². The van der Waals surface area contributed by atoms with Gasteiger partial charge in [-0.15, -0.1) is 0 Å². The van der Waals surface area contributed by atoms with E-state index in [0.29, 0.717) is 5.56 Å². The van der Waals surface area contributed by atoms with Crippen LogP contribution in [0.5, 0.6) is 0 Å². The van der Waals surface area contributed by atoms with Crippen LogP contribution in [0.25, 0.3) is 11.3 Å². The first kappa shape index (κ1) is 12.7. The van der Waals surface area contributed by atoms with Gasteiger partial charge in [-0.1, -0.05) is 36.4 Å². The summed E-state index contributed by atoms with van der Waals surface area (Å²) in [5, 5.41) is 8.87. The molecule has 0 atom stereocenters. The van der Waals surface area contributed by atoms with Crippen LogP contribution in [0.1, 0.15) is 24.4 Å². The summed E-state index contributed by atoms with van der Waals surface area (Å²) < 4.78 is 1.76.